The molecule has 0 amide bonds. The van der Waals surface area contributed by atoms with Crippen LogP contribution in [0.15, 0.2) is 23.1 Å². The molecule has 1 aromatic heterocycles. The molecule has 0 bridgehead atoms. The second-order valence-corrected chi connectivity index (χ2v) is 4.69. The maximum atomic E-state index is 13.2. The lowest BCUT2D eigenvalue weighted by atomic mass is 10.2. The molecular weight excluding hydrogens is 306 g/mol. The number of halogens is 3. The van der Waals surface area contributed by atoms with Crippen molar-refractivity contribution < 1.29 is 8.78 Å². The number of benzene rings is 1. The Labute approximate surface area is 111 Å². The molecular formula is C12H11BrF2N2O. The van der Waals surface area contributed by atoms with E-state index < -0.39 is 11.6 Å². The molecule has 0 aliphatic carbocycles. The van der Waals surface area contributed by atoms with Crippen LogP contribution in [0.1, 0.15) is 12.8 Å². The fourth-order valence-electron chi connectivity index (χ4n) is 1.75. The SMILES string of the molecule is O=c1cnc2cc(F)c(F)cc2n1CCCCBr. The normalized spacial score (nSPS) is 11.1. The summed E-state index contributed by atoms with van der Waals surface area (Å²) in [6.07, 6.45) is 2.82. The predicted molar refractivity (Wildman–Crippen MR) is 68.9 cm³/mol. The second-order valence-electron chi connectivity index (χ2n) is 3.90. The number of unbranched alkanes of at least 4 members (excludes halogenated alkanes) is 1. The number of aryl methyl sites for hydroxylation is 1. The molecule has 0 fully saturated rings. The Morgan fingerprint density at radius 1 is 1.22 bits per heavy atom. The fourth-order valence-corrected chi connectivity index (χ4v) is 2.15. The Morgan fingerprint density at radius 2 is 1.94 bits per heavy atom. The molecule has 1 heterocycles. The smallest absolute Gasteiger partial charge is 0.269 e. The van der Waals surface area contributed by atoms with E-state index >= 15 is 0 Å². The standard InChI is InChI=1S/C12H11BrF2N2O/c13-3-1-2-4-17-11-6-9(15)8(14)5-10(11)16-7-12(17)18/h5-7H,1-4H2. The van der Waals surface area contributed by atoms with E-state index in [4.69, 9.17) is 0 Å². The van der Waals surface area contributed by atoms with Gasteiger partial charge in [-0.1, -0.05) is 15.9 Å². The van der Waals surface area contributed by atoms with Crippen LogP contribution in [-0.4, -0.2) is 14.9 Å². The maximum absolute atomic E-state index is 13.2. The van der Waals surface area contributed by atoms with Gasteiger partial charge < -0.3 is 4.57 Å². The third kappa shape index (κ3) is 2.58. The first-order chi connectivity index (χ1) is 8.63. The molecule has 96 valence electrons. The summed E-state index contributed by atoms with van der Waals surface area (Å²) in [4.78, 5) is 15.5. The van der Waals surface area contributed by atoms with E-state index in [9.17, 15) is 13.6 Å². The van der Waals surface area contributed by atoms with Gasteiger partial charge in [0, 0.05) is 24.0 Å². The number of aromatic nitrogens is 2. The lowest BCUT2D eigenvalue weighted by molar-refractivity contribution is 0.509. The molecule has 1 aromatic carbocycles. The Hall–Kier alpha value is -1.30. The Bertz CT molecular complexity index is 627. The van der Waals surface area contributed by atoms with Gasteiger partial charge in [0.05, 0.1) is 17.2 Å². The summed E-state index contributed by atoms with van der Waals surface area (Å²) < 4.78 is 27.7. The van der Waals surface area contributed by atoms with Crippen LogP contribution >= 0.6 is 15.9 Å². The largest absolute Gasteiger partial charge is 0.305 e. The molecule has 0 spiro atoms. The van der Waals surface area contributed by atoms with Crippen LogP contribution < -0.4 is 5.56 Å². The second kappa shape index (κ2) is 5.56. The van der Waals surface area contributed by atoms with E-state index in [1.54, 1.807) is 0 Å². The minimum absolute atomic E-state index is 0.285. The molecule has 0 saturated heterocycles. The average Bonchev–Trinajstić information content (AvgIpc) is 2.35. The van der Waals surface area contributed by atoms with E-state index in [-0.39, 0.29) is 11.1 Å². The van der Waals surface area contributed by atoms with E-state index in [1.165, 1.54) is 4.57 Å². The summed E-state index contributed by atoms with van der Waals surface area (Å²) in [6, 6.07) is 2.03. The molecule has 0 radical (unpaired) electrons. The quantitative estimate of drug-likeness (QED) is 0.642. The fraction of sp³-hybridized carbons (Fsp3) is 0.333. The van der Waals surface area contributed by atoms with Gasteiger partial charge in [-0.05, 0) is 12.8 Å². The van der Waals surface area contributed by atoms with E-state index in [1.807, 2.05) is 0 Å². The zero-order valence-electron chi connectivity index (χ0n) is 9.50. The van der Waals surface area contributed by atoms with Crippen molar-refractivity contribution in [1.29, 1.82) is 0 Å². The summed E-state index contributed by atoms with van der Waals surface area (Å²) in [7, 11) is 0. The van der Waals surface area contributed by atoms with E-state index in [2.05, 4.69) is 20.9 Å². The highest BCUT2D eigenvalue weighted by atomic mass is 79.9. The van der Waals surface area contributed by atoms with Gasteiger partial charge in [0.1, 0.15) is 0 Å². The molecule has 2 rings (SSSR count). The molecule has 3 nitrogen and oxygen atoms in total. The predicted octanol–water partition coefficient (Wildman–Crippen LogP) is 2.85. The van der Waals surface area contributed by atoms with Crippen molar-refractivity contribution in [3.8, 4) is 0 Å². The Kier molecular flexibility index (Phi) is 4.06. The molecule has 2 aromatic rings. The summed E-state index contributed by atoms with van der Waals surface area (Å²) in [5, 5.41) is 0.841. The van der Waals surface area contributed by atoms with Gasteiger partial charge in [-0.3, -0.25) is 4.79 Å². The van der Waals surface area contributed by atoms with Gasteiger partial charge in [-0.15, -0.1) is 0 Å². The van der Waals surface area contributed by atoms with Gasteiger partial charge >= 0.3 is 0 Å². The van der Waals surface area contributed by atoms with Gasteiger partial charge in [0.2, 0.25) is 0 Å². The first kappa shape index (κ1) is 13.1. The van der Waals surface area contributed by atoms with Gasteiger partial charge in [-0.2, -0.15) is 0 Å². The molecule has 6 heteroatoms. The highest BCUT2D eigenvalue weighted by Crippen LogP contribution is 2.15. The first-order valence-electron chi connectivity index (χ1n) is 5.54. The van der Waals surface area contributed by atoms with Crippen LogP contribution in [0.5, 0.6) is 0 Å². The summed E-state index contributed by atoms with van der Waals surface area (Å²) in [5.74, 6) is -1.93. The summed E-state index contributed by atoms with van der Waals surface area (Å²) in [5.41, 5.74) is 0.311. The zero-order valence-corrected chi connectivity index (χ0v) is 11.1. The van der Waals surface area contributed by atoms with Gasteiger partial charge in [-0.25, -0.2) is 13.8 Å². The zero-order chi connectivity index (χ0) is 13.1. The molecule has 0 N–H and O–H groups in total. The highest BCUT2D eigenvalue weighted by molar-refractivity contribution is 9.09. The van der Waals surface area contributed by atoms with Crippen LogP contribution in [0.25, 0.3) is 11.0 Å². The number of hydrogen-bond donors (Lipinski definition) is 0. The Morgan fingerprint density at radius 3 is 2.67 bits per heavy atom. The molecule has 0 unspecified atom stereocenters. The minimum atomic E-state index is -0.968. The van der Waals surface area contributed by atoms with E-state index in [0.717, 1.165) is 36.5 Å². The van der Waals surface area contributed by atoms with Gasteiger partial charge in [0.15, 0.2) is 11.6 Å². The minimum Gasteiger partial charge on any atom is -0.305 e. The van der Waals surface area contributed by atoms with Crippen LogP contribution in [0, 0.1) is 11.6 Å². The number of fused-ring (bicyclic) bond motifs is 1. The molecule has 0 saturated carbocycles. The van der Waals surface area contributed by atoms with Crippen molar-refractivity contribution >= 4 is 27.0 Å². The number of hydrogen-bond acceptors (Lipinski definition) is 2. The van der Waals surface area contributed by atoms with Crippen LogP contribution in [0.4, 0.5) is 8.78 Å². The van der Waals surface area contributed by atoms with Crippen molar-refractivity contribution in [1.82, 2.24) is 9.55 Å². The Balaban J connectivity index is 2.52. The monoisotopic (exact) mass is 316 g/mol. The third-order valence-electron chi connectivity index (χ3n) is 2.65. The molecule has 0 aliphatic rings. The summed E-state index contributed by atoms with van der Waals surface area (Å²) >= 11 is 3.30. The number of nitrogens with zero attached hydrogens (tertiary/aromatic N) is 2. The van der Waals surface area contributed by atoms with Gasteiger partial charge in [0.25, 0.3) is 5.56 Å². The van der Waals surface area contributed by atoms with Crippen LogP contribution in [0.2, 0.25) is 0 Å². The maximum Gasteiger partial charge on any atom is 0.269 e. The number of rotatable bonds is 4. The highest BCUT2D eigenvalue weighted by Gasteiger charge is 2.09. The van der Waals surface area contributed by atoms with Crippen LogP contribution in [-0.2, 0) is 6.54 Å². The van der Waals surface area contributed by atoms with Crippen LogP contribution in [0.3, 0.4) is 0 Å². The molecule has 0 aliphatic heterocycles. The lowest BCUT2D eigenvalue weighted by Gasteiger charge is -2.09. The van der Waals surface area contributed by atoms with Crippen molar-refractivity contribution in [2.45, 2.75) is 19.4 Å². The molecule has 18 heavy (non-hydrogen) atoms. The summed E-state index contributed by atoms with van der Waals surface area (Å²) in [6.45, 7) is 0.467. The van der Waals surface area contributed by atoms with Crippen molar-refractivity contribution in [3.05, 3.63) is 40.3 Å². The van der Waals surface area contributed by atoms with Crippen molar-refractivity contribution in [2.75, 3.05) is 5.33 Å². The van der Waals surface area contributed by atoms with E-state index in [0.29, 0.717) is 12.1 Å². The topological polar surface area (TPSA) is 34.9 Å². The number of alkyl halides is 1. The van der Waals surface area contributed by atoms with Crippen molar-refractivity contribution in [2.24, 2.45) is 0 Å². The average molecular weight is 317 g/mol. The lowest BCUT2D eigenvalue weighted by Crippen LogP contribution is -2.21. The first-order valence-corrected chi connectivity index (χ1v) is 6.66. The third-order valence-corrected chi connectivity index (χ3v) is 3.21. The molecule has 0 atom stereocenters. The van der Waals surface area contributed by atoms with Crippen molar-refractivity contribution in [3.63, 3.8) is 0 Å².